The number of benzene rings is 1. The Labute approximate surface area is 108 Å². The standard InChI is InChI=1S/C14H21NO3/c1-5-15-14(17)11(4)18-13-7-6-12(10(3)16)8-9(13)2/h6-8,10-11,16H,5H2,1-4H3,(H,15,17)/t10-,11?/m1/s1. The van der Waals surface area contributed by atoms with E-state index >= 15 is 0 Å². The van der Waals surface area contributed by atoms with E-state index in [1.165, 1.54) is 0 Å². The average Bonchev–Trinajstić information content (AvgIpc) is 2.31. The molecular weight excluding hydrogens is 230 g/mol. The van der Waals surface area contributed by atoms with Crippen LogP contribution in [-0.2, 0) is 4.79 Å². The van der Waals surface area contributed by atoms with E-state index in [4.69, 9.17) is 4.74 Å². The van der Waals surface area contributed by atoms with E-state index < -0.39 is 12.2 Å². The molecule has 100 valence electrons. The maximum absolute atomic E-state index is 11.6. The van der Waals surface area contributed by atoms with Crippen molar-refractivity contribution in [2.75, 3.05) is 6.54 Å². The second-order valence-corrected chi connectivity index (χ2v) is 4.36. The van der Waals surface area contributed by atoms with Crippen molar-refractivity contribution in [2.45, 2.75) is 39.9 Å². The molecule has 18 heavy (non-hydrogen) atoms. The largest absolute Gasteiger partial charge is 0.481 e. The van der Waals surface area contributed by atoms with Crippen LogP contribution in [-0.4, -0.2) is 23.7 Å². The highest BCUT2D eigenvalue weighted by molar-refractivity contribution is 5.80. The van der Waals surface area contributed by atoms with Crippen LogP contribution in [0.15, 0.2) is 18.2 Å². The molecule has 0 spiro atoms. The molecule has 0 aliphatic heterocycles. The molecule has 1 rings (SSSR count). The van der Waals surface area contributed by atoms with Crippen LogP contribution in [0, 0.1) is 6.92 Å². The summed E-state index contributed by atoms with van der Waals surface area (Å²) < 4.78 is 5.60. The number of rotatable bonds is 5. The number of aliphatic hydroxyl groups excluding tert-OH is 1. The summed E-state index contributed by atoms with van der Waals surface area (Å²) in [7, 11) is 0. The van der Waals surface area contributed by atoms with Crippen molar-refractivity contribution in [2.24, 2.45) is 0 Å². The van der Waals surface area contributed by atoms with Gasteiger partial charge in [-0.05, 0) is 51.0 Å². The third-order valence-corrected chi connectivity index (χ3v) is 2.71. The van der Waals surface area contributed by atoms with Crippen LogP contribution in [0.3, 0.4) is 0 Å². The number of carbonyl (C=O) groups excluding carboxylic acids is 1. The maximum Gasteiger partial charge on any atom is 0.260 e. The quantitative estimate of drug-likeness (QED) is 0.841. The van der Waals surface area contributed by atoms with E-state index in [-0.39, 0.29) is 5.91 Å². The lowest BCUT2D eigenvalue weighted by atomic mass is 10.1. The van der Waals surface area contributed by atoms with E-state index in [0.29, 0.717) is 12.3 Å². The fraction of sp³-hybridized carbons (Fsp3) is 0.500. The predicted molar refractivity (Wildman–Crippen MR) is 70.6 cm³/mol. The fourth-order valence-corrected chi connectivity index (χ4v) is 1.63. The van der Waals surface area contributed by atoms with Crippen molar-refractivity contribution in [3.63, 3.8) is 0 Å². The molecule has 2 N–H and O–H groups in total. The minimum Gasteiger partial charge on any atom is -0.481 e. The lowest BCUT2D eigenvalue weighted by Gasteiger charge is -2.16. The lowest BCUT2D eigenvalue weighted by Crippen LogP contribution is -2.36. The second kappa shape index (κ2) is 6.40. The number of aryl methyl sites for hydroxylation is 1. The lowest BCUT2D eigenvalue weighted by molar-refractivity contribution is -0.127. The zero-order chi connectivity index (χ0) is 13.7. The molecule has 0 aliphatic carbocycles. The molecule has 0 saturated carbocycles. The Morgan fingerprint density at radius 3 is 2.61 bits per heavy atom. The third kappa shape index (κ3) is 3.74. The first-order chi connectivity index (χ1) is 8.45. The molecule has 0 fully saturated rings. The van der Waals surface area contributed by atoms with Crippen molar-refractivity contribution < 1.29 is 14.6 Å². The monoisotopic (exact) mass is 251 g/mol. The number of nitrogens with one attached hydrogen (secondary N) is 1. The smallest absolute Gasteiger partial charge is 0.260 e. The Hall–Kier alpha value is -1.55. The number of ether oxygens (including phenoxy) is 1. The minimum atomic E-state index is -0.527. The topological polar surface area (TPSA) is 58.6 Å². The van der Waals surface area contributed by atoms with Gasteiger partial charge in [0, 0.05) is 6.54 Å². The van der Waals surface area contributed by atoms with Gasteiger partial charge in [0.15, 0.2) is 6.10 Å². The summed E-state index contributed by atoms with van der Waals surface area (Å²) in [6.07, 6.45) is -1.03. The van der Waals surface area contributed by atoms with Crippen LogP contribution >= 0.6 is 0 Å². The van der Waals surface area contributed by atoms with Gasteiger partial charge >= 0.3 is 0 Å². The molecule has 1 amide bonds. The molecule has 1 aromatic carbocycles. The van der Waals surface area contributed by atoms with Crippen molar-refractivity contribution in [1.82, 2.24) is 5.32 Å². The zero-order valence-corrected chi connectivity index (χ0v) is 11.4. The molecule has 1 aromatic rings. The van der Waals surface area contributed by atoms with Crippen LogP contribution in [0.1, 0.15) is 38.0 Å². The van der Waals surface area contributed by atoms with Crippen LogP contribution in [0.5, 0.6) is 5.75 Å². The highest BCUT2D eigenvalue weighted by atomic mass is 16.5. The Balaban J connectivity index is 2.76. The first kappa shape index (κ1) is 14.5. The van der Waals surface area contributed by atoms with Crippen molar-refractivity contribution >= 4 is 5.91 Å². The highest BCUT2D eigenvalue weighted by Crippen LogP contribution is 2.23. The Kier molecular flexibility index (Phi) is 5.16. The average molecular weight is 251 g/mol. The van der Waals surface area contributed by atoms with Gasteiger partial charge < -0.3 is 15.2 Å². The summed E-state index contributed by atoms with van der Waals surface area (Å²) >= 11 is 0. The number of carbonyl (C=O) groups is 1. The van der Waals surface area contributed by atoms with E-state index in [9.17, 15) is 9.90 Å². The summed E-state index contributed by atoms with van der Waals surface area (Å²) in [5.74, 6) is 0.537. The van der Waals surface area contributed by atoms with Crippen LogP contribution in [0.25, 0.3) is 0 Å². The molecule has 4 heteroatoms. The normalized spacial score (nSPS) is 13.8. The molecule has 0 bridgehead atoms. The zero-order valence-electron chi connectivity index (χ0n) is 11.4. The molecule has 2 atom stereocenters. The number of aliphatic hydroxyl groups is 1. The summed E-state index contributed by atoms with van der Waals surface area (Å²) in [5.41, 5.74) is 1.75. The molecule has 0 aliphatic rings. The molecule has 4 nitrogen and oxygen atoms in total. The summed E-state index contributed by atoms with van der Waals surface area (Å²) in [4.78, 5) is 11.6. The number of hydrogen-bond donors (Lipinski definition) is 2. The molecular formula is C14H21NO3. The van der Waals surface area contributed by atoms with Crippen molar-refractivity contribution in [3.05, 3.63) is 29.3 Å². The molecule has 0 saturated heterocycles. The number of amides is 1. The SMILES string of the molecule is CCNC(=O)C(C)Oc1ccc([C@@H](C)O)cc1C. The first-order valence-electron chi connectivity index (χ1n) is 6.18. The van der Waals surface area contributed by atoms with Gasteiger partial charge in [-0.25, -0.2) is 0 Å². The van der Waals surface area contributed by atoms with Gasteiger partial charge in [0.05, 0.1) is 6.10 Å². The Morgan fingerprint density at radius 1 is 1.44 bits per heavy atom. The maximum atomic E-state index is 11.6. The highest BCUT2D eigenvalue weighted by Gasteiger charge is 2.15. The van der Waals surface area contributed by atoms with E-state index in [1.54, 1.807) is 26.0 Å². The molecule has 1 unspecified atom stereocenters. The number of likely N-dealkylation sites (N-methyl/N-ethyl adjacent to an activating group) is 1. The van der Waals surface area contributed by atoms with Gasteiger partial charge in [0.1, 0.15) is 5.75 Å². The van der Waals surface area contributed by atoms with Gasteiger partial charge in [-0.1, -0.05) is 6.07 Å². The van der Waals surface area contributed by atoms with Gasteiger partial charge in [-0.2, -0.15) is 0 Å². The second-order valence-electron chi connectivity index (χ2n) is 4.36. The summed E-state index contributed by atoms with van der Waals surface area (Å²) in [6, 6.07) is 5.45. The van der Waals surface area contributed by atoms with Gasteiger partial charge in [-0.3, -0.25) is 4.79 Å². The summed E-state index contributed by atoms with van der Waals surface area (Å²) in [5, 5.41) is 12.2. The van der Waals surface area contributed by atoms with E-state index in [2.05, 4.69) is 5.32 Å². The van der Waals surface area contributed by atoms with Crippen molar-refractivity contribution in [3.8, 4) is 5.75 Å². The summed E-state index contributed by atoms with van der Waals surface area (Å²) in [6.45, 7) is 7.78. The van der Waals surface area contributed by atoms with Gasteiger partial charge in [0.2, 0.25) is 0 Å². The molecule has 0 heterocycles. The van der Waals surface area contributed by atoms with Gasteiger partial charge in [0.25, 0.3) is 5.91 Å². The van der Waals surface area contributed by atoms with E-state index in [0.717, 1.165) is 11.1 Å². The Bertz CT molecular complexity index is 416. The Morgan fingerprint density at radius 2 is 2.11 bits per heavy atom. The fourth-order valence-electron chi connectivity index (χ4n) is 1.63. The number of hydrogen-bond acceptors (Lipinski definition) is 3. The van der Waals surface area contributed by atoms with Crippen LogP contribution in [0.4, 0.5) is 0 Å². The van der Waals surface area contributed by atoms with Crippen molar-refractivity contribution in [1.29, 1.82) is 0 Å². The predicted octanol–water partition coefficient (Wildman–Crippen LogP) is 1.95. The van der Waals surface area contributed by atoms with E-state index in [1.807, 2.05) is 19.9 Å². The molecule has 0 aromatic heterocycles. The molecule has 0 radical (unpaired) electrons. The van der Waals surface area contributed by atoms with Gasteiger partial charge in [-0.15, -0.1) is 0 Å². The van der Waals surface area contributed by atoms with Crippen LogP contribution in [0.2, 0.25) is 0 Å². The third-order valence-electron chi connectivity index (χ3n) is 2.71. The van der Waals surface area contributed by atoms with Crippen LogP contribution < -0.4 is 10.1 Å². The minimum absolute atomic E-state index is 0.128. The first-order valence-corrected chi connectivity index (χ1v) is 6.18.